The van der Waals surface area contributed by atoms with Crippen molar-refractivity contribution in [1.82, 2.24) is 0 Å². The van der Waals surface area contributed by atoms with Crippen LogP contribution in [0.15, 0.2) is 12.2 Å². The summed E-state index contributed by atoms with van der Waals surface area (Å²) in [6.45, 7) is 0. The van der Waals surface area contributed by atoms with Gasteiger partial charge < -0.3 is 9.47 Å². The Morgan fingerprint density at radius 2 is 1.19 bits per heavy atom. The molecule has 0 spiro atoms. The van der Waals surface area contributed by atoms with Crippen LogP contribution in [0.25, 0.3) is 0 Å². The molecule has 0 unspecified atom stereocenters. The molecule has 126 valence electrons. The van der Waals surface area contributed by atoms with Crippen LogP contribution in [-0.2, 0) is 9.47 Å². The first kappa shape index (κ1) is 20.9. The van der Waals surface area contributed by atoms with E-state index in [1.165, 1.54) is 64.2 Å². The van der Waals surface area contributed by atoms with Crippen molar-refractivity contribution in [3.8, 4) is 0 Å². The molecule has 0 heterocycles. The van der Waals surface area contributed by atoms with Crippen LogP contribution in [0, 0.1) is 0 Å². The Bertz CT molecular complexity index is 215. The summed E-state index contributed by atoms with van der Waals surface area (Å²) in [6.07, 6.45) is 19.8. The highest BCUT2D eigenvalue weighted by molar-refractivity contribution is 6.17. The minimum absolute atomic E-state index is 0.0107. The molecule has 0 N–H and O–H groups in total. The van der Waals surface area contributed by atoms with E-state index in [-0.39, 0.29) is 6.29 Å². The lowest BCUT2D eigenvalue weighted by molar-refractivity contribution is -0.107. The average Bonchev–Trinajstić information content (AvgIpc) is 2.51. The van der Waals surface area contributed by atoms with Gasteiger partial charge >= 0.3 is 0 Å². The van der Waals surface area contributed by atoms with E-state index in [9.17, 15) is 0 Å². The van der Waals surface area contributed by atoms with Gasteiger partial charge in [-0.2, -0.15) is 0 Å². The molecule has 0 fully saturated rings. The van der Waals surface area contributed by atoms with Gasteiger partial charge in [-0.1, -0.05) is 57.1 Å². The molecule has 0 aliphatic heterocycles. The summed E-state index contributed by atoms with van der Waals surface area (Å²) in [5.41, 5.74) is 0. The SMILES string of the molecule is COC(CCCCCCCCCCC/C=C\CCCl)OC. The first-order chi connectivity index (χ1) is 10.3. The van der Waals surface area contributed by atoms with Gasteiger partial charge in [0.25, 0.3) is 0 Å². The second-order valence-corrected chi connectivity index (χ2v) is 5.99. The zero-order chi connectivity index (χ0) is 15.6. The Labute approximate surface area is 137 Å². The van der Waals surface area contributed by atoms with E-state index in [4.69, 9.17) is 21.1 Å². The fraction of sp³-hybridized carbons (Fsp3) is 0.889. The Morgan fingerprint density at radius 1 is 0.714 bits per heavy atom. The fourth-order valence-corrected chi connectivity index (χ4v) is 2.57. The molecular weight excluding hydrogens is 284 g/mol. The quantitative estimate of drug-likeness (QED) is 0.148. The number of methoxy groups -OCH3 is 2. The van der Waals surface area contributed by atoms with Crippen molar-refractivity contribution in [2.45, 2.75) is 83.3 Å². The van der Waals surface area contributed by atoms with Gasteiger partial charge in [0, 0.05) is 20.1 Å². The molecule has 0 aliphatic carbocycles. The highest BCUT2D eigenvalue weighted by atomic mass is 35.5. The number of hydrogen-bond acceptors (Lipinski definition) is 2. The summed E-state index contributed by atoms with van der Waals surface area (Å²) in [7, 11) is 3.42. The maximum Gasteiger partial charge on any atom is 0.156 e. The number of ether oxygens (including phenoxy) is 2. The maximum absolute atomic E-state index is 5.61. The molecule has 0 aromatic heterocycles. The summed E-state index contributed by atoms with van der Waals surface area (Å²) in [6, 6.07) is 0. The van der Waals surface area contributed by atoms with E-state index in [2.05, 4.69) is 12.2 Å². The van der Waals surface area contributed by atoms with Crippen molar-refractivity contribution in [2.75, 3.05) is 20.1 Å². The van der Waals surface area contributed by atoms with Crippen LogP contribution >= 0.6 is 11.6 Å². The molecule has 0 radical (unpaired) electrons. The molecule has 0 aromatic carbocycles. The molecule has 0 aromatic rings. The monoisotopic (exact) mass is 318 g/mol. The third kappa shape index (κ3) is 16.2. The molecule has 0 rings (SSSR count). The molecule has 0 atom stereocenters. The molecule has 0 saturated carbocycles. The van der Waals surface area contributed by atoms with E-state index >= 15 is 0 Å². The number of unbranched alkanes of at least 4 members (excludes halogenated alkanes) is 9. The highest BCUT2D eigenvalue weighted by Crippen LogP contribution is 2.13. The first-order valence-corrected chi connectivity index (χ1v) is 9.15. The molecule has 2 nitrogen and oxygen atoms in total. The van der Waals surface area contributed by atoms with Crippen LogP contribution in [0.2, 0.25) is 0 Å². The number of hydrogen-bond donors (Lipinski definition) is 0. The molecule has 0 saturated heterocycles. The smallest absolute Gasteiger partial charge is 0.156 e. The van der Waals surface area contributed by atoms with Gasteiger partial charge in [0.05, 0.1) is 0 Å². The number of alkyl halides is 1. The lowest BCUT2D eigenvalue weighted by atomic mass is 10.1. The van der Waals surface area contributed by atoms with E-state index in [0.29, 0.717) is 0 Å². The average molecular weight is 319 g/mol. The largest absolute Gasteiger partial charge is 0.356 e. The second kappa shape index (κ2) is 18.0. The van der Waals surface area contributed by atoms with Crippen molar-refractivity contribution in [3.63, 3.8) is 0 Å². The molecule has 3 heteroatoms. The minimum Gasteiger partial charge on any atom is -0.356 e. The lowest BCUT2D eigenvalue weighted by Crippen LogP contribution is -2.12. The summed E-state index contributed by atoms with van der Waals surface area (Å²) in [5.74, 6) is 0.744. The van der Waals surface area contributed by atoms with E-state index < -0.39 is 0 Å². The van der Waals surface area contributed by atoms with E-state index in [0.717, 1.165) is 18.7 Å². The number of allylic oxidation sites excluding steroid dienone is 2. The Balaban J connectivity index is 3.09. The molecule has 0 bridgehead atoms. The summed E-state index contributed by atoms with van der Waals surface area (Å²) in [4.78, 5) is 0. The third-order valence-electron chi connectivity index (χ3n) is 3.78. The van der Waals surface area contributed by atoms with Crippen molar-refractivity contribution in [3.05, 3.63) is 12.2 Å². The number of halogens is 1. The van der Waals surface area contributed by atoms with Crippen molar-refractivity contribution >= 4 is 11.6 Å². The Kier molecular flexibility index (Phi) is 18.0. The summed E-state index contributed by atoms with van der Waals surface area (Å²) < 4.78 is 10.4. The van der Waals surface area contributed by atoms with Gasteiger partial charge in [0.1, 0.15) is 0 Å². The maximum atomic E-state index is 5.61. The summed E-state index contributed by atoms with van der Waals surface area (Å²) >= 11 is 5.61. The Hall–Kier alpha value is -0.0500. The van der Waals surface area contributed by atoms with Gasteiger partial charge in [-0.05, 0) is 32.1 Å². The van der Waals surface area contributed by atoms with E-state index in [1.54, 1.807) is 14.2 Å². The van der Waals surface area contributed by atoms with Crippen LogP contribution in [0.3, 0.4) is 0 Å². The van der Waals surface area contributed by atoms with Crippen molar-refractivity contribution in [1.29, 1.82) is 0 Å². The van der Waals surface area contributed by atoms with Crippen LogP contribution < -0.4 is 0 Å². The zero-order valence-electron chi connectivity index (χ0n) is 14.1. The van der Waals surface area contributed by atoms with Crippen LogP contribution in [0.4, 0.5) is 0 Å². The second-order valence-electron chi connectivity index (χ2n) is 5.61. The predicted octanol–water partition coefficient (Wildman–Crippen LogP) is 6.08. The standard InChI is InChI=1S/C18H35ClO2/c1-20-18(21-2)16-14-12-10-8-6-4-3-5-7-9-11-13-15-17-19/h11,13,18H,3-10,12,14-17H2,1-2H3/b13-11-. The predicted molar refractivity (Wildman–Crippen MR) is 93.1 cm³/mol. The zero-order valence-corrected chi connectivity index (χ0v) is 14.9. The minimum atomic E-state index is -0.0107. The van der Waals surface area contributed by atoms with Crippen LogP contribution in [-0.4, -0.2) is 26.4 Å². The topological polar surface area (TPSA) is 18.5 Å². The highest BCUT2D eigenvalue weighted by Gasteiger charge is 2.03. The molecular formula is C18H35ClO2. The molecule has 21 heavy (non-hydrogen) atoms. The fourth-order valence-electron chi connectivity index (χ4n) is 2.44. The summed E-state index contributed by atoms with van der Waals surface area (Å²) in [5, 5.41) is 0. The van der Waals surface area contributed by atoms with Gasteiger partial charge in [0.15, 0.2) is 6.29 Å². The molecule has 0 aliphatic rings. The van der Waals surface area contributed by atoms with Crippen LogP contribution in [0.5, 0.6) is 0 Å². The van der Waals surface area contributed by atoms with Crippen LogP contribution in [0.1, 0.15) is 77.0 Å². The van der Waals surface area contributed by atoms with Gasteiger partial charge in [-0.3, -0.25) is 0 Å². The van der Waals surface area contributed by atoms with Gasteiger partial charge in [-0.15, -0.1) is 11.6 Å². The molecule has 0 amide bonds. The van der Waals surface area contributed by atoms with Gasteiger partial charge in [0.2, 0.25) is 0 Å². The van der Waals surface area contributed by atoms with Crippen molar-refractivity contribution in [2.24, 2.45) is 0 Å². The lowest BCUT2D eigenvalue weighted by Gasteiger charge is -2.12. The first-order valence-electron chi connectivity index (χ1n) is 8.61. The normalized spacial score (nSPS) is 11.8. The number of rotatable bonds is 16. The third-order valence-corrected chi connectivity index (χ3v) is 4.00. The van der Waals surface area contributed by atoms with Crippen molar-refractivity contribution < 1.29 is 9.47 Å². The van der Waals surface area contributed by atoms with E-state index in [1.807, 2.05) is 0 Å². The Morgan fingerprint density at radius 3 is 1.71 bits per heavy atom. The van der Waals surface area contributed by atoms with Gasteiger partial charge in [-0.25, -0.2) is 0 Å².